The maximum Gasteiger partial charge on any atom is 0.273 e. The Bertz CT molecular complexity index is 601. The standard InChI is InChI=1S/C17H26N4O2S/c1-12(2)8-15-19-14(11-24-15)17(23)20-6-3-4-13(10-20)21-7-5-18-9-16(21)22/h11-13,18H,3-10H2,1-2H3. The molecule has 24 heavy (non-hydrogen) atoms. The van der Waals surface area contributed by atoms with Gasteiger partial charge in [0.2, 0.25) is 5.91 Å². The molecule has 1 N–H and O–H groups in total. The summed E-state index contributed by atoms with van der Waals surface area (Å²) in [4.78, 5) is 33.2. The molecule has 6 nitrogen and oxygen atoms in total. The Kier molecular flexibility index (Phi) is 5.50. The van der Waals surface area contributed by atoms with Gasteiger partial charge in [-0.25, -0.2) is 4.98 Å². The number of aromatic nitrogens is 1. The molecule has 1 aromatic heterocycles. The topological polar surface area (TPSA) is 65.5 Å². The Morgan fingerprint density at radius 1 is 1.46 bits per heavy atom. The van der Waals surface area contributed by atoms with Gasteiger partial charge in [-0.15, -0.1) is 11.3 Å². The van der Waals surface area contributed by atoms with Crippen molar-refractivity contribution >= 4 is 23.2 Å². The van der Waals surface area contributed by atoms with Gasteiger partial charge in [0.1, 0.15) is 5.69 Å². The fourth-order valence-electron chi connectivity index (χ4n) is 3.41. The maximum atomic E-state index is 12.8. The van der Waals surface area contributed by atoms with Crippen LogP contribution < -0.4 is 5.32 Å². The molecule has 2 saturated heterocycles. The fourth-order valence-corrected chi connectivity index (χ4v) is 4.40. The van der Waals surface area contributed by atoms with Crippen LogP contribution in [0.1, 0.15) is 42.2 Å². The van der Waals surface area contributed by atoms with Crippen molar-refractivity contribution in [3.8, 4) is 0 Å². The highest BCUT2D eigenvalue weighted by Gasteiger charge is 2.32. The van der Waals surface area contributed by atoms with Gasteiger partial charge >= 0.3 is 0 Å². The van der Waals surface area contributed by atoms with Gasteiger partial charge in [0.15, 0.2) is 0 Å². The first-order valence-electron chi connectivity index (χ1n) is 8.78. The quantitative estimate of drug-likeness (QED) is 0.891. The van der Waals surface area contributed by atoms with E-state index in [0.717, 1.165) is 43.9 Å². The smallest absolute Gasteiger partial charge is 0.273 e. The molecule has 0 aliphatic carbocycles. The minimum absolute atomic E-state index is 0.00791. The summed E-state index contributed by atoms with van der Waals surface area (Å²) in [5.41, 5.74) is 0.558. The normalized spacial score (nSPS) is 22.3. The van der Waals surface area contributed by atoms with Gasteiger partial charge in [0.25, 0.3) is 5.91 Å². The molecule has 0 aromatic carbocycles. The Hall–Kier alpha value is -1.47. The van der Waals surface area contributed by atoms with Gasteiger partial charge in [-0.3, -0.25) is 9.59 Å². The Morgan fingerprint density at radius 2 is 2.29 bits per heavy atom. The molecule has 1 atom stereocenters. The van der Waals surface area contributed by atoms with Crippen LogP contribution in [0.25, 0.3) is 0 Å². The molecule has 2 aliphatic heterocycles. The summed E-state index contributed by atoms with van der Waals surface area (Å²) in [6.07, 6.45) is 2.83. The van der Waals surface area contributed by atoms with Gasteiger partial charge < -0.3 is 15.1 Å². The van der Waals surface area contributed by atoms with Crippen molar-refractivity contribution in [3.63, 3.8) is 0 Å². The summed E-state index contributed by atoms with van der Waals surface area (Å²) >= 11 is 1.57. The molecule has 0 saturated carbocycles. The van der Waals surface area contributed by atoms with Crippen molar-refractivity contribution in [2.24, 2.45) is 5.92 Å². The zero-order chi connectivity index (χ0) is 17.1. The number of thiazole rings is 1. The van der Waals surface area contributed by atoms with Crippen LogP contribution in [-0.4, -0.2) is 65.4 Å². The van der Waals surface area contributed by atoms with E-state index in [0.29, 0.717) is 24.7 Å². The van der Waals surface area contributed by atoms with E-state index in [1.165, 1.54) is 0 Å². The lowest BCUT2D eigenvalue weighted by Crippen LogP contribution is -2.57. The maximum absolute atomic E-state index is 12.8. The fraction of sp³-hybridized carbons (Fsp3) is 0.706. The predicted molar refractivity (Wildman–Crippen MR) is 94.2 cm³/mol. The molecule has 0 radical (unpaired) electrons. The number of likely N-dealkylation sites (tertiary alicyclic amines) is 1. The summed E-state index contributed by atoms with van der Waals surface area (Å²) in [5.74, 6) is 0.694. The van der Waals surface area contributed by atoms with E-state index in [1.807, 2.05) is 15.2 Å². The van der Waals surface area contributed by atoms with Crippen LogP contribution in [0, 0.1) is 5.92 Å². The molecule has 2 fully saturated rings. The number of hydrogen-bond donors (Lipinski definition) is 1. The first kappa shape index (κ1) is 17.4. The highest BCUT2D eigenvalue weighted by atomic mass is 32.1. The number of piperidine rings is 1. The summed E-state index contributed by atoms with van der Waals surface area (Å²) in [7, 11) is 0. The number of piperazine rings is 1. The second-order valence-electron chi connectivity index (χ2n) is 7.04. The van der Waals surface area contributed by atoms with Gasteiger partial charge in [-0.2, -0.15) is 0 Å². The molecule has 2 aliphatic rings. The lowest BCUT2D eigenvalue weighted by atomic mass is 10.0. The van der Waals surface area contributed by atoms with Crippen molar-refractivity contribution in [2.45, 2.75) is 39.2 Å². The average Bonchev–Trinajstić information content (AvgIpc) is 3.02. The van der Waals surface area contributed by atoms with Gasteiger partial charge in [0.05, 0.1) is 11.6 Å². The van der Waals surface area contributed by atoms with Crippen molar-refractivity contribution in [1.82, 2.24) is 20.1 Å². The van der Waals surface area contributed by atoms with Crippen molar-refractivity contribution in [1.29, 1.82) is 0 Å². The third-order valence-corrected chi connectivity index (χ3v) is 5.48. The zero-order valence-corrected chi connectivity index (χ0v) is 15.3. The number of nitrogens with one attached hydrogen (secondary N) is 1. The molecule has 0 spiro atoms. The van der Waals surface area contributed by atoms with Gasteiger partial charge in [0, 0.05) is 44.0 Å². The molecule has 1 unspecified atom stereocenters. The third-order valence-electron chi connectivity index (χ3n) is 4.60. The second kappa shape index (κ2) is 7.61. The van der Waals surface area contributed by atoms with Crippen LogP contribution >= 0.6 is 11.3 Å². The van der Waals surface area contributed by atoms with Crippen molar-refractivity contribution in [2.75, 3.05) is 32.7 Å². The largest absolute Gasteiger partial charge is 0.336 e. The van der Waals surface area contributed by atoms with Crippen LogP contribution in [0.3, 0.4) is 0 Å². The van der Waals surface area contributed by atoms with Crippen LogP contribution in [0.5, 0.6) is 0 Å². The van der Waals surface area contributed by atoms with Gasteiger partial charge in [-0.1, -0.05) is 13.8 Å². The number of amides is 2. The predicted octanol–water partition coefficient (Wildman–Crippen LogP) is 1.38. The Balaban J connectivity index is 1.64. The summed E-state index contributed by atoms with van der Waals surface area (Å²) in [6, 6.07) is 0.145. The number of rotatable bonds is 4. The Morgan fingerprint density at radius 3 is 3.04 bits per heavy atom. The van der Waals surface area contributed by atoms with Gasteiger partial charge in [-0.05, 0) is 18.8 Å². The van der Waals surface area contributed by atoms with E-state index in [2.05, 4.69) is 24.1 Å². The monoisotopic (exact) mass is 350 g/mol. The van der Waals surface area contributed by atoms with Crippen LogP contribution in [0.15, 0.2) is 5.38 Å². The second-order valence-corrected chi connectivity index (χ2v) is 7.98. The minimum atomic E-state index is 0.00791. The highest BCUT2D eigenvalue weighted by molar-refractivity contribution is 7.09. The number of nitrogens with zero attached hydrogens (tertiary/aromatic N) is 3. The number of carbonyl (C=O) groups excluding carboxylic acids is 2. The van der Waals surface area contributed by atoms with E-state index in [-0.39, 0.29) is 17.9 Å². The number of carbonyl (C=O) groups is 2. The zero-order valence-electron chi connectivity index (χ0n) is 14.5. The SMILES string of the molecule is CC(C)Cc1nc(C(=O)N2CCCC(N3CCNCC3=O)C2)cs1. The molecule has 7 heteroatoms. The molecular formula is C17H26N4O2S. The molecule has 132 valence electrons. The van der Waals surface area contributed by atoms with E-state index < -0.39 is 0 Å². The molecule has 3 heterocycles. The van der Waals surface area contributed by atoms with Crippen LogP contribution in [0.4, 0.5) is 0 Å². The number of hydrogen-bond acceptors (Lipinski definition) is 5. The van der Waals surface area contributed by atoms with E-state index in [4.69, 9.17) is 0 Å². The molecule has 1 aromatic rings. The van der Waals surface area contributed by atoms with Crippen molar-refractivity contribution in [3.05, 3.63) is 16.1 Å². The lowest BCUT2D eigenvalue weighted by molar-refractivity contribution is -0.135. The minimum Gasteiger partial charge on any atom is -0.336 e. The lowest BCUT2D eigenvalue weighted by Gasteiger charge is -2.40. The molecule has 0 bridgehead atoms. The first-order valence-corrected chi connectivity index (χ1v) is 9.66. The van der Waals surface area contributed by atoms with Crippen LogP contribution in [-0.2, 0) is 11.2 Å². The average molecular weight is 350 g/mol. The summed E-state index contributed by atoms with van der Waals surface area (Å²) in [5, 5.41) is 6.00. The summed E-state index contributed by atoms with van der Waals surface area (Å²) < 4.78 is 0. The third kappa shape index (κ3) is 3.95. The molecule has 2 amide bonds. The van der Waals surface area contributed by atoms with E-state index in [1.54, 1.807) is 11.3 Å². The molecule has 3 rings (SSSR count). The first-order chi connectivity index (χ1) is 11.5. The van der Waals surface area contributed by atoms with E-state index in [9.17, 15) is 9.59 Å². The highest BCUT2D eigenvalue weighted by Crippen LogP contribution is 2.21. The van der Waals surface area contributed by atoms with Crippen molar-refractivity contribution < 1.29 is 9.59 Å². The Labute approximate surface area is 147 Å². The van der Waals surface area contributed by atoms with E-state index >= 15 is 0 Å². The molecular weight excluding hydrogens is 324 g/mol. The summed E-state index contributed by atoms with van der Waals surface area (Å²) in [6.45, 7) is 7.68. The van der Waals surface area contributed by atoms with Crippen LogP contribution in [0.2, 0.25) is 0 Å².